The molecular formula is C17H24O5. The number of carbonyl (C=O) groups is 2. The highest BCUT2D eigenvalue weighted by molar-refractivity contribution is 5.87. The van der Waals surface area contributed by atoms with Crippen molar-refractivity contribution in [2.75, 3.05) is 13.2 Å². The molecule has 0 amide bonds. The second-order valence-electron chi connectivity index (χ2n) is 5.06. The third-order valence-corrected chi connectivity index (χ3v) is 3.13. The first kappa shape index (κ1) is 18.0. The summed E-state index contributed by atoms with van der Waals surface area (Å²) in [7, 11) is 0. The number of unbranched alkanes of at least 4 members (excludes halogenated alkanes) is 3. The van der Waals surface area contributed by atoms with E-state index in [2.05, 4.69) is 0 Å². The third-order valence-electron chi connectivity index (χ3n) is 3.13. The zero-order valence-corrected chi connectivity index (χ0v) is 13.0. The van der Waals surface area contributed by atoms with Crippen LogP contribution in [0.25, 0.3) is 0 Å². The Morgan fingerprint density at radius 1 is 1.00 bits per heavy atom. The number of hydrogen-bond acceptors (Lipinski definition) is 4. The van der Waals surface area contributed by atoms with Gasteiger partial charge in [-0.15, -0.1) is 0 Å². The Morgan fingerprint density at radius 2 is 1.64 bits per heavy atom. The number of carbonyl (C=O) groups excluding carboxylic acids is 1. The minimum absolute atomic E-state index is 0.115. The molecule has 22 heavy (non-hydrogen) atoms. The van der Waals surface area contributed by atoms with Crippen molar-refractivity contribution in [3.63, 3.8) is 0 Å². The Morgan fingerprint density at radius 3 is 2.23 bits per heavy atom. The van der Waals surface area contributed by atoms with Gasteiger partial charge in [0, 0.05) is 6.42 Å². The van der Waals surface area contributed by atoms with Gasteiger partial charge in [0.05, 0.1) is 18.8 Å². The van der Waals surface area contributed by atoms with Crippen molar-refractivity contribution >= 4 is 11.9 Å². The number of benzene rings is 1. The fourth-order valence-corrected chi connectivity index (χ4v) is 1.90. The van der Waals surface area contributed by atoms with Crippen LogP contribution in [0.15, 0.2) is 24.3 Å². The summed E-state index contributed by atoms with van der Waals surface area (Å²) in [5.74, 6) is -0.375. The van der Waals surface area contributed by atoms with Crippen LogP contribution in [0.4, 0.5) is 0 Å². The zero-order chi connectivity index (χ0) is 16.2. The Labute approximate surface area is 131 Å². The maximum atomic E-state index is 11.1. The summed E-state index contributed by atoms with van der Waals surface area (Å²) in [6.07, 6.45) is 5.13. The van der Waals surface area contributed by atoms with Gasteiger partial charge in [-0.05, 0) is 56.4 Å². The van der Waals surface area contributed by atoms with E-state index >= 15 is 0 Å². The Bertz CT molecular complexity index is 453. The Hall–Kier alpha value is -2.04. The standard InChI is InChI=1S/C17H24O5/c1-2-7-16(18)22-13-6-4-3-5-12-21-15-10-8-14(9-11-15)17(19)20/h8-11H,2-7,12-13H2,1H3,(H,19,20). The normalized spacial score (nSPS) is 10.2. The predicted molar refractivity (Wildman–Crippen MR) is 83.2 cm³/mol. The number of hydrogen-bond donors (Lipinski definition) is 1. The molecule has 1 aromatic rings. The van der Waals surface area contributed by atoms with Gasteiger partial charge in [-0.25, -0.2) is 4.79 Å². The lowest BCUT2D eigenvalue weighted by molar-refractivity contribution is -0.143. The van der Waals surface area contributed by atoms with Crippen LogP contribution >= 0.6 is 0 Å². The monoisotopic (exact) mass is 308 g/mol. The molecule has 0 radical (unpaired) electrons. The highest BCUT2D eigenvalue weighted by Gasteiger charge is 2.02. The van der Waals surface area contributed by atoms with Crippen LogP contribution in [0.1, 0.15) is 55.8 Å². The number of aromatic carboxylic acids is 1. The van der Waals surface area contributed by atoms with Gasteiger partial charge in [-0.3, -0.25) is 4.79 Å². The largest absolute Gasteiger partial charge is 0.494 e. The maximum absolute atomic E-state index is 11.1. The molecule has 0 atom stereocenters. The molecular weight excluding hydrogens is 284 g/mol. The van der Waals surface area contributed by atoms with Crippen LogP contribution in [-0.4, -0.2) is 30.3 Å². The van der Waals surface area contributed by atoms with Crippen molar-refractivity contribution in [2.45, 2.75) is 45.4 Å². The fourth-order valence-electron chi connectivity index (χ4n) is 1.90. The molecule has 1 N–H and O–H groups in total. The molecule has 0 saturated carbocycles. The van der Waals surface area contributed by atoms with Gasteiger partial charge in [0.25, 0.3) is 0 Å². The zero-order valence-electron chi connectivity index (χ0n) is 13.0. The van der Waals surface area contributed by atoms with Gasteiger partial charge in [0.15, 0.2) is 0 Å². The lowest BCUT2D eigenvalue weighted by atomic mass is 10.2. The van der Waals surface area contributed by atoms with E-state index in [1.54, 1.807) is 12.1 Å². The molecule has 0 bridgehead atoms. The fraction of sp³-hybridized carbons (Fsp3) is 0.529. The van der Waals surface area contributed by atoms with E-state index in [1.807, 2.05) is 6.92 Å². The maximum Gasteiger partial charge on any atom is 0.335 e. The number of rotatable bonds is 11. The highest BCUT2D eigenvalue weighted by Crippen LogP contribution is 2.13. The van der Waals surface area contributed by atoms with Crippen molar-refractivity contribution in [3.8, 4) is 5.75 Å². The summed E-state index contributed by atoms with van der Waals surface area (Å²) < 4.78 is 10.6. The van der Waals surface area contributed by atoms with Crippen molar-refractivity contribution in [2.24, 2.45) is 0 Å². The molecule has 0 saturated heterocycles. The van der Waals surface area contributed by atoms with Gasteiger partial charge < -0.3 is 14.6 Å². The quantitative estimate of drug-likeness (QED) is 0.499. The summed E-state index contributed by atoms with van der Waals surface area (Å²) in [5.41, 5.74) is 0.255. The van der Waals surface area contributed by atoms with Crippen molar-refractivity contribution in [1.29, 1.82) is 0 Å². The summed E-state index contributed by atoms with van der Waals surface area (Å²) in [6.45, 7) is 3.05. The van der Waals surface area contributed by atoms with Gasteiger partial charge in [0.1, 0.15) is 5.75 Å². The van der Waals surface area contributed by atoms with Crippen LogP contribution in [0, 0.1) is 0 Å². The van der Waals surface area contributed by atoms with E-state index in [-0.39, 0.29) is 11.5 Å². The minimum Gasteiger partial charge on any atom is -0.494 e. The number of carboxylic acids is 1. The van der Waals surface area contributed by atoms with Crippen molar-refractivity contribution in [1.82, 2.24) is 0 Å². The first-order valence-corrected chi connectivity index (χ1v) is 7.75. The average molecular weight is 308 g/mol. The van der Waals surface area contributed by atoms with E-state index in [1.165, 1.54) is 12.1 Å². The molecule has 0 heterocycles. The van der Waals surface area contributed by atoms with Crippen molar-refractivity contribution in [3.05, 3.63) is 29.8 Å². The number of esters is 1. The highest BCUT2D eigenvalue weighted by atomic mass is 16.5. The van der Waals surface area contributed by atoms with Crippen LogP contribution in [0.2, 0.25) is 0 Å². The second-order valence-corrected chi connectivity index (χ2v) is 5.06. The van der Waals surface area contributed by atoms with Crippen LogP contribution < -0.4 is 4.74 Å². The SMILES string of the molecule is CCCC(=O)OCCCCCCOc1ccc(C(=O)O)cc1. The summed E-state index contributed by atoms with van der Waals surface area (Å²) in [6, 6.07) is 6.39. The van der Waals surface area contributed by atoms with E-state index in [4.69, 9.17) is 14.6 Å². The predicted octanol–water partition coefficient (Wildman–Crippen LogP) is 3.67. The first-order valence-electron chi connectivity index (χ1n) is 7.75. The molecule has 1 rings (SSSR count). The molecule has 0 aliphatic carbocycles. The Balaban J connectivity index is 2.01. The van der Waals surface area contributed by atoms with Crippen LogP contribution in [-0.2, 0) is 9.53 Å². The summed E-state index contributed by atoms with van der Waals surface area (Å²) in [4.78, 5) is 21.8. The molecule has 0 fully saturated rings. The molecule has 5 heteroatoms. The smallest absolute Gasteiger partial charge is 0.335 e. The van der Waals surface area contributed by atoms with Gasteiger partial charge in [-0.2, -0.15) is 0 Å². The van der Waals surface area contributed by atoms with E-state index < -0.39 is 5.97 Å². The molecule has 5 nitrogen and oxygen atoms in total. The number of carboxylic acid groups (broad SMARTS) is 1. The van der Waals surface area contributed by atoms with E-state index in [0.717, 1.165) is 32.1 Å². The van der Waals surface area contributed by atoms with E-state index in [9.17, 15) is 9.59 Å². The van der Waals surface area contributed by atoms with E-state index in [0.29, 0.717) is 25.4 Å². The van der Waals surface area contributed by atoms with Crippen LogP contribution in [0.5, 0.6) is 5.75 Å². The minimum atomic E-state index is -0.939. The topological polar surface area (TPSA) is 72.8 Å². The second kappa shape index (κ2) is 10.7. The molecule has 0 aliphatic heterocycles. The molecule has 0 spiro atoms. The molecule has 122 valence electrons. The molecule has 1 aromatic carbocycles. The third kappa shape index (κ3) is 7.67. The van der Waals surface area contributed by atoms with Gasteiger partial charge >= 0.3 is 11.9 Å². The summed E-state index contributed by atoms with van der Waals surface area (Å²) >= 11 is 0. The van der Waals surface area contributed by atoms with Crippen LogP contribution in [0.3, 0.4) is 0 Å². The number of ether oxygens (including phenoxy) is 2. The first-order chi connectivity index (χ1) is 10.6. The molecule has 0 aromatic heterocycles. The molecule has 0 unspecified atom stereocenters. The lowest BCUT2D eigenvalue weighted by Gasteiger charge is -2.07. The molecule has 0 aliphatic rings. The Kier molecular flexibility index (Phi) is 8.72. The van der Waals surface area contributed by atoms with Gasteiger partial charge in [0.2, 0.25) is 0 Å². The summed E-state index contributed by atoms with van der Waals surface area (Å²) in [5, 5.41) is 8.78. The average Bonchev–Trinajstić information content (AvgIpc) is 2.50. The lowest BCUT2D eigenvalue weighted by Crippen LogP contribution is -2.05. The van der Waals surface area contributed by atoms with Crippen molar-refractivity contribution < 1.29 is 24.2 Å². The van der Waals surface area contributed by atoms with Gasteiger partial charge in [-0.1, -0.05) is 6.92 Å².